The van der Waals surface area contributed by atoms with E-state index in [1.165, 1.54) is 12.1 Å². The predicted octanol–water partition coefficient (Wildman–Crippen LogP) is 2.80. The number of benzene rings is 1. The van der Waals surface area contributed by atoms with Gasteiger partial charge in [-0.2, -0.15) is 0 Å². The van der Waals surface area contributed by atoms with Gasteiger partial charge in [-0.15, -0.1) is 0 Å². The number of halogens is 2. The fourth-order valence-corrected chi connectivity index (χ4v) is 1.18. The summed E-state index contributed by atoms with van der Waals surface area (Å²) in [6.45, 7) is 3.70. The Morgan fingerprint density at radius 3 is 2.53 bits per heavy atom. The molecule has 2 unspecified atom stereocenters. The Morgan fingerprint density at radius 2 is 1.93 bits per heavy atom. The number of hydrogen-bond acceptors (Lipinski definition) is 2. The highest BCUT2D eigenvalue weighted by atomic mass is 19.2. The zero-order valence-electron chi connectivity index (χ0n) is 9.05. The number of hydrogen-bond donors (Lipinski definition) is 1. The maximum atomic E-state index is 13.3. The number of ether oxygens (including phenoxy) is 1. The minimum Gasteiger partial charge on any atom is -0.380 e. The van der Waals surface area contributed by atoms with Crippen molar-refractivity contribution in [3.05, 3.63) is 29.8 Å². The molecule has 0 amide bonds. The first-order valence-corrected chi connectivity index (χ1v) is 4.79. The average Bonchev–Trinajstić information content (AvgIpc) is 2.23. The van der Waals surface area contributed by atoms with Gasteiger partial charge in [0.2, 0.25) is 0 Å². The van der Waals surface area contributed by atoms with Crippen LogP contribution >= 0.6 is 0 Å². The zero-order valence-corrected chi connectivity index (χ0v) is 9.05. The van der Waals surface area contributed by atoms with Crippen molar-refractivity contribution < 1.29 is 13.5 Å². The van der Waals surface area contributed by atoms with Gasteiger partial charge in [-0.1, -0.05) is 6.07 Å². The maximum Gasteiger partial charge on any atom is 0.181 e. The smallest absolute Gasteiger partial charge is 0.181 e. The van der Waals surface area contributed by atoms with E-state index in [1.807, 2.05) is 13.8 Å². The highest BCUT2D eigenvalue weighted by Crippen LogP contribution is 2.18. The summed E-state index contributed by atoms with van der Waals surface area (Å²) in [6, 6.07) is 3.96. The normalized spacial score (nSPS) is 14.7. The van der Waals surface area contributed by atoms with E-state index in [0.29, 0.717) is 0 Å². The Labute approximate surface area is 88.3 Å². The molecule has 0 fully saturated rings. The van der Waals surface area contributed by atoms with Crippen molar-refractivity contribution in [2.45, 2.75) is 26.0 Å². The number of methoxy groups -OCH3 is 1. The Kier molecular flexibility index (Phi) is 4.03. The Hall–Kier alpha value is -1.16. The molecule has 0 aliphatic carbocycles. The van der Waals surface area contributed by atoms with Crippen molar-refractivity contribution in [1.29, 1.82) is 0 Å². The molecule has 84 valence electrons. The first kappa shape index (κ1) is 11.9. The van der Waals surface area contributed by atoms with E-state index < -0.39 is 11.6 Å². The van der Waals surface area contributed by atoms with Gasteiger partial charge in [-0.25, -0.2) is 8.78 Å². The highest BCUT2D eigenvalue weighted by Gasteiger charge is 2.14. The molecule has 15 heavy (non-hydrogen) atoms. The minimum atomic E-state index is -0.854. The van der Waals surface area contributed by atoms with Crippen LogP contribution < -0.4 is 5.32 Å². The summed E-state index contributed by atoms with van der Waals surface area (Å²) in [5, 5.41) is 2.86. The van der Waals surface area contributed by atoms with Crippen LogP contribution in [0.3, 0.4) is 0 Å². The molecule has 0 heterocycles. The van der Waals surface area contributed by atoms with Crippen LogP contribution in [0.15, 0.2) is 18.2 Å². The molecule has 1 aromatic carbocycles. The van der Waals surface area contributed by atoms with E-state index in [-0.39, 0.29) is 17.8 Å². The number of nitrogens with one attached hydrogen (secondary N) is 1. The van der Waals surface area contributed by atoms with Gasteiger partial charge in [0.25, 0.3) is 0 Å². The molecular formula is C11H15F2NO. The van der Waals surface area contributed by atoms with Gasteiger partial charge in [0, 0.05) is 13.2 Å². The molecule has 2 nitrogen and oxygen atoms in total. The third-order valence-corrected chi connectivity index (χ3v) is 2.41. The fourth-order valence-electron chi connectivity index (χ4n) is 1.18. The van der Waals surface area contributed by atoms with E-state index in [1.54, 1.807) is 7.11 Å². The maximum absolute atomic E-state index is 13.3. The lowest BCUT2D eigenvalue weighted by Crippen LogP contribution is -2.30. The van der Waals surface area contributed by atoms with Crippen molar-refractivity contribution >= 4 is 5.69 Å². The molecule has 4 heteroatoms. The summed E-state index contributed by atoms with van der Waals surface area (Å²) in [5.74, 6) is -1.70. The van der Waals surface area contributed by atoms with Gasteiger partial charge in [-0.3, -0.25) is 0 Å². The van der Waals surface area contributed by atoms with Crippen molar-refractivity contribution in [1.82, 2.24) is 0 Å². The largest absolute Gasteiger partial charge is 0.380 e. The second kappa shape index (κ2) is 5.07. The van der Waals surface area contributed by atoms with Crippen molar-refractivity contribution in [2.75, 3.05) is 12.4 Å². The predicted molar refractivity (Wildman–Crippen MR) is 55.9 cm³/mol. The Balaban J connectivity index is 2.76. The van der Waals surface area contributed by atoms with Gasteiger partial charge < -0.3 is 10.1 Å². The summed E-state index contributed by atoms with van der Waals surface area (Å²) >= 11 is 0. The average molecular weight is 215 g/mol. The lowest BCUT2D eigenvalue weighted by molar-refractivity contribution is 0.106. The standard InChI is InChI=1S/C11H15F2NO/c1-7(8(2)15-3)14-10-6-4-5-9(12)11(10)13/h4-8,14H,1-3H3. The van der Waals surface area contributed by atoms with Crippen LogP contribution in [0.25, 0.3) is 0 Å². The summed E-state index contributed by atoms with van der Waals surface area (Å²) in [5.41, 5.74) is 0.159. The first-order chi connectivity index (χ1) is 7.06. The van der Waals surface area contributed by atoms with E-state index in [2.05, 4.69) is 5.32 Å². The first-order valence-electron chi connectivity index (χ1n) is 4.79. The van der Waals surface area contributed by atoms with E-state index in [0.717, 1.165) is 6.07 Å². The number of anilines is 1. The van der Waals surface area contributed by atoms with Crippen LogP contribution in [-0.4, -0.2) is 19.3 Å². The van der Waals surface area contributed by atoms with Crippen LogP contribution in [-0.2, 0) is 4.74 Å². The molecule has 1 rings (SSSR count). The van der Waals surface area contributed by atoms with Crippen molar-refractivity contribution in [3.8, 4) is 0 Å². The van der Waals surface area contributed by atoms with Crippen LogP contribution in [0.1, 0.15) is 13.8 Å². The van der Waals surface area contributed by atoms with Crippen LogP contribution in [0.5, 0.6) is 0 Å². The van der Waals surface area contributed by atoms with Crippen molar-refractivity contribution in [3.63, 3.8) is 0 Å². The summed E-state index contributed by atoms with van der Waals surface area (Å²) in [7, 11) is 1.57. The molecule has 0 bridgehead atoms. The molecule has 0 spiro atoms. The summed E-state index contributed by atoms with van der Waals surface area (Å²) < 4.78 is 31.2. The molecule has 0 aliphatic rings. The van der Waals surface area contributed by atoms with E-state index in [9.17, 15) is 8.78 Å². The van der Waals surface area contributed by atoms with Gasteiger partial charge in [0.15, 0.2) is 11.6 Å². The molecular weight excluding hydrogens is 200 g/mol. The van der Waals surface area contributed by atoms with E-state index in [4.69, 9.17) is 4.74 Å². The molecule has 1 N–H and O–H groups in total. The Bertz CT molecular complexity index is 330. The number of rotatable bonds is 4. The summed E-state index contributed by atoms with van der Waals surface area (Å²) in [6.07, 6.45) is -0.0762. The lowest BCUT2D eigenvalue weighted by Gasteiger charge is -2.21. The van der Waals surface area contributed by atoms with Crippen LogP contribution in [0, 0.1) is 11.6 Å². The molecule has 1 aromatic rings. The highest BCUT2D eigenvalue weighted by molar-refractivity contribution is 5.45. The van der Waals surface area contributed by atoms with Crippen LogP contribution in [0.2, 0.25) is 0 Å². The van der Waals surface area contributed by atoms with E-state index >= 15 is 0 Å². The molecule has 0 saturated heterocycles. The Morgan fingerprint density at radius 1 is 1.27 bits per heavy atom. The third kappa shape index (κ3) is 2.89. The fraction of sp³-hybridized carbons (Fsp3) is 0.455. The van der Waals surface area contributed by atoms with Gasteiger partial charge in [-0.05, 0) is 26.0 Å². The SMILES string of the molecule is COC(C)C(C)Nc1cccc(F)c1F. The van der Waals surface area contributed by atoms with Crippen molar-refractivity contribution in [2.24, 2.45) is 0 Å². The second-order valence-electron chi connectivity index (χ2n) is 3.48. The topological polar surface area (TPSA) is 21.3 Å². The van der Waals surface area contributed by atoms with Gasteiger partial charge >= 0.3 is 0 Å². The second-order valence-corrected chi connectivity index (χ2v) is 3.48. The third-order valence-electron chi connectivity index (χ3n) is 2.41. The van der Waals surface area contributed by atoms with Gasteiger partial charge in [0.05, 0.1) is 11.8 Å². The monoisotopic (exact) mass is 215 g/mol. The quantitative estimate of drug-likeness (QED) is 0.833. The molecule has 0 radical (unpaired) electrons. The molecule has 0 aromatic heterocycles. The molecule has 0 saturated carbocycles. The lowest BCUT2D eigenvalue weighted by atomic mass is 10.2. The van der Waals surface area contributed by atoms with Gasteiger partial charge in [0.1, 0.15) is 0 Å². The minimum absolute atomic E-state index is 0.0762. The molecule has 2 atom stereocenters. The zero-order chi connectivity index (χ0) is 11.4. The molecule has 0 aliphatic heterocycles. The summed E-state index contributed by atoms with van der Waals surface area (Å²) in [4.78, 5) is 0. The van der Waals surface area contributed by atoms with Crippen LogP contribution in [0.4, 0.5) is 14.5 Å².